The van der Waals surface area contributed by atoms with E-state index >= 15 is 0 Å². The lowest BCUT2D eigenvalue weighted by molar-refractivity contribution is -0.298. The van der Waals surface area contributed by atoms with Crippen molar-refractivity contribution in [1.29, 1.82) is 0 Å². The van der Waals surface area contributed by atoms with Crippen LogP contribution in [0.2, 0.25) is 0 Å². The van der Waals surface area contributed by atoms with Gasteiger partial charge in [0.05, 0.1) is 0 Å². The van der Waals surface area contributed by atoms with E-state index in [4.69, 9.17) is 0 Å². The van der Waals surface area contributed by atoms with E-state index in [2.05, 4.69) is 4.74 Å². The average Bonchev–Trinajstić information content (AvgIpc) is 2.31. The topological polar surface area (TPSA) is 157 Å². The zero-order chi connectivity index (χ0) is 13.9. The molecule has 6 N–H and O–H groups in total. The van der Waals surface area contributed by atoms with Crippen LogP contribution in [0.4, 0.5) is 0 Å². The van der Waals surface area contributed by atoms with Gasteiger partial charge in [0.1, 0.15) is 30.6 Å². The fourth-order valence-electron chi connectivity index (χ4n) is 1.50. The van der Waals surface area contributed by atoms with Crippen LogP contribution >= 0.6 is 8.46 Å². The molecule has 0 aromatic heterocycles. The van der Waals surface area contributed by atoms with Gasteiger partial charge < -0.3 is 35.6 Å². The second-order valence-electron chi connectivity index (χ2n) is 3.76. The van der Waals surface area contributed by atoms with Crippen molar-refractivity contribution in [2.45, 2.75) is 36.9 Å². The fraction of sp³-hybridized carbons (Fsp3) is 0.875. The number of carbonyl (C=O) groups is 1. The molecule has 0 bridgehead atoms. The summed E-state index contributed by atoms with van der Waals surface area (Å²) in [4.78, 5) is 11.0. The number of hydrogen-bond acceptors (Lipinski definition) is 8. The Labute approximate surface area is 103 Å². The average molecular weight is 283 g/mol. The molecule has 0 radical (unpaired) electrons. The van der Waals surface area contributed by atoms with E-state index in [1.165, 1.54) is 0 Å². The molecule has 1 heterocycles. The van der Waals surface area contributed by atoms with Gasteiger partial charge in [-0.05, 0) is 0 Å². The summed E-state index contributed by atoms with van der Waals surface area (Å²) in [6.07, 6.45) is -10.6. The van der Waals surface area contributed by atoms with Gasteiger partial charge in [0, 0.05) is 0 Å². The molecule has 9 nitrogen and oxygen atoms in total. The number of hydrogen-bond donors (Lipinski definition) is 6. The Balaban J connectivity index is 2.64. The van der Waals surface area contributed by atoms with Crippen LogP contribution in [0.3, 0.4) is 0 Å². The van der Waals surface area contributed by atoms with Crippen molar-refractivity contribution in [2.24, 2.45) is 0 Å². The van der Waals surface area contributed by atoms with Crippen molar-refractivity contribution >= 4 is 14.4 Å². The normalized spacial score (nSPS) is 38.4. The molecule has 10 heteroatoms. The molecular weight excluding hydrogens is 269 g/mol. The van der Waals surface area contributed by atoms with Gasteiger partial charge in [-0.3, -0.25) is 9.36 Å². The number of aliphatic hydroxyl groups is 5. The number of carbonyl (C=O) groups excluding carboxylic acids is 1. The second-order valence-corrected chi connectivity index (χ2v) is 4.34. The predicted molar refractivity (Wildman–Crippen MR) is 55.5 cm³/mol. The van der Waals surface area contributed by atoms with Crippen molar-refractivity contribution in [1.82, 2.24) is 5.32 Å². The standard InChI is InChI=1S/C8H14NO8P/c10-2(1-18-16)9-7(14)6-4(12)3(11)5(13)8(15)17-6/h3-8,11-15H,1H2,(H,9,10)/t3-,4-,5-,6-,7?,8-/m0/s1. The van der Waals surface area contributed by atoms with Crippen LogP contribution in [0.5, 0.6) is 0 Å². The van der Waals surface area contributed by atoms with Crippen LogP contribution in [0.1, 0.15) is 0 Å². The number of rotatable bonds is 4. The van der Waals surface area contributed by atoms with Crippen LogP contribution in [-0.4, -0.2) is 74.5 Å². The Morgan fingerprint density at radius 2 is 1.83 bits per heavy atom. The Morgan fingerprint density at radius 1 is 1.22 bits per heavy atom. The first-order valence-electron chi connectivity index (χ1n) is 5.02. The zero-order valence-corrected chi connectivity index (χ0v) is 9.97. The highest BCUT2D eigenvalue weighted by Crippen LogP contribution is 2.21. The molecule has 0 spiro atoms. The van der Waals surface area contributed by atoms with Crippen LogP contribution in [0, 0.1) is 0 Å². The van der Waals surface area contributed by atoms with Crippen LogP contribution in [0.25, 0.3) is 0 Å². The second kappa shape index (κ2) is 6.48. The third-order valence-electron chi connectivity index (χ3n) is 2.45. The molecule has 1 amide bonds. The van der Waals surface area contributed by atoms with E-state index in [1.807, 2.05) is 5.32 Å². The zero-order valence-electron chi connectivity index (χ0n) is 9.08. The summed E-state index contributed by atoms with van der Waals surface area (Å²) in [5, 5.41) is 48.8. The minimum absolute atomic E-state index is 0.395. The van der Waals surface area contributed by atoms with Gasteiger partial charge in [-0.1, -0.05) is 0 Å². The minimum Gasteiger partial charge on any atom is -0.387 e. The highest BCUT2D eigenvalue weighted by Gasteiger charge is 2.46. The highest BCUT2D eigenvalue weighted by atomic mass is 31.1. The molecule has 1 rings (SSSR count). The lowest BCUT2D eigenvalue weighted by Gasteiger charge is -2.40. The first-order chi connectivity index (χ1) is 8.38. The quantitative estimate of drug-likeness (QED) is 0.229. The van der Waals surface area contributed by atoms with E-state index < -0.39 is 57.5 Å². The minimum atomic E-state index is -1.81. The molecule has 0 saturated carbocycles. The smallest absolute Gasteiger partial charge is 0.233 e. The van der Waals surface area contributed by atoms with Crippen molar-refractivity contribution in [3.05, 3.63) is 0 Å². The molecule has 1 aliphatic heterocycles. The summed E-state index contributed by atoms with van der Waals surface area (Å²) in [7, 11) is -0.452. The van der Waals surface area contributed by atoms with Gasteiger partial charge in [-0.2, -0.15) is 0 Å². The molecular formula is C8H14NO8P. The first kappa shape index (κ1) is 15.4. The SMILES string of the molecule is O=PCC(=O)NC(O)[C@H]1O[C@H](O)[C@@H](O)[C@@H](O)[C@@H]1O. The third kappa shape index (κ3) is 3.42. The van der Waals surface area contributed by atoms with E-state index in [0.717, 1.165) is 0 Å². The van der Waals surface area contributed by atoms with Crippen molar-refractivity contribution in [3.63, 3.8) is 0 Å². The number of amides is 1. The Hall–Kier alpha value is -0.670. The molecule has 0 aromatic rings. The molecule has 0 aliphatic carbocycles. The van der Waals surface area contributed by atoms with Gasteiger partial charge in [0.15, 0.2) is 21.0 Å². The summed E-state index contributed by atoms with van der Waals surface area (Å²) >= 11 is 0. The largest absolute Gasteiger partial charge is 0.387 e. The number of ether oxygens (including phenoxy) is 1. The summed E-state index contributed by atoms with van der Waals surface area (Å²) in [5.41, 5.74) is 0. The summed E-state index contributed by atoms with van der Waals surface area (Å²) < 4.78 is 14.8. The van der Waals surface area contributed by atoms with Crippen molar-refractivity contribution in [2.75, 3.05) is 6.16 Å². The Kier molecular flexibility index (Phi) is 5.54. The van der Waals surface area contributed by atoms with E-state index in [1.54, 1.807) is 0 Å². The number of aliphatic hydroxyl groups excluding tert-OH is 5. The Bertz CT molecular complexity index is 315. The lowest BCUT2D eigenvalue weighted by Crippen LogP contribution is -2.63. The molecule has 1 unspecified atom stereocenters. The summed E-state index contributed by atoms with van der Waals surface area (Å²) in [6, 6.07) is 0. The molecule has 104 valence electrons. The monoisotopic (exact) mass is 283 g/mol. The Morgan fingerprint density at radius 3 is 2.39 bits per heavy atom. The number of nitrogens with one attached hydrogen (secondary N) is 1. The molecule has 1 saturated heterocycles. The molecule has 0 aromatic carbocycles. The van der Waals surface area contributed by atoms with Crippen molar-refractivity contribution < 1.29 is 39.6 Å². The van der Waals surface area contributed by atoms with Crippen LogP contribution < -0.4 is 5.32 Å². The van der Waals surface area contributed by atoms with E-state index in [9.17, 15) is 34.9 Å². The van der Waals surface area contributed by atoms with Gasteiger partial charge in [-0.15, -0.1) is 0 Å². The molecule has 1 fully saturated rings. The van der Waals surface area contributed by atoms with E-state index in [0.29, 0.717) is 0 Å². The lowest BCUT2D eigenvalue weighted by atomic mass is 9.98. The predicted octanol–water partition coefficient (Wildman–Crippen LogP) is -3.49. The molecule has 6 atom stereocenters. The summed E-state index contributed by atoms with van der Waals surface area (Å²) in [6.45, 7) is 0. The van der Waals surface area contributed by atoms with Crippen molar-refractivity contribution in [3.8, 4) is 0 Å². The molecule has 18 heavy (non-hydrogen) atoms. The first-order valence-corrected chi connectivity index (χ1v) is 6.02. The third-order valence-corrected chi connectivity index (χ3v) is 2.87. The van der Waals surface area contributed by atoms with Gasteiger partial charge in [-0.25, -0.2) is 0 Å². The van der Waals surface area contributed by atoms with E-state index in [-0.39, 0.29) is 0 Å². The maximum absolute atomic E-state index is 11.0. The maximum Gasteiger partial charge on any atom is 0.233 e. The van der Waals surface area contributed by atoms with Gasteiger partial charge in [0.25, 0.3) is 0 Å². The highest BCUT2D eigenvalue weighted by molar-refractivity contribution is 7.25. The fourth-order valence-corrected chi connectivity index (χ4v) is 1.71. The van der Waals surface area contributed by atoms with Gasteiger partial charge in [0.2, 0.25) is 5.91 Å². The maximum atomic E-state index is 11.0. The van der Waals surface area contributed by atoms with Gasteiger partial charge >= 0.3 is 0 Å². The summed E-state index contributed by atoms with van der Waals surface area (Å²) in [5.74, 6) is -0.773. The molecule has 1 aliphatic rings. The van der Waals surface area contributed by atoms with Crippen LogP contribution in [-0.2, 0) is 14.1 Å². The van der Waals surface area contributed by atoms with Crippen LogP contribution in [0.15, 0.2) is 0 Å².